The van der Waals surface area contributed by atoms with Gasteiger partial charge in [-0.05, 0) is 0 Å². The molecule has 1 aromatic heterocycles. The van der Waals surface area contributed by atoms with Crippen molar-refractivity contribution < 1.29 is 22.7 Å². The van der Waals surface area contributed by atoms with E-state index in [-0.39, 0.29) is 9.14 Å². The molecule has 0 saturated heterocycles. The summed E-state index contributed by atoms with van der Waals surface area (Å²) in [6, 6.07) is 0. The predicted octanol–water partition coefficient (Wildman–Crippen LogP) is -1.88. The molecule has 0 aliphatic heterocycles. The maximum atomic E-state index is 11.3. The van der Waals surface area contributed by atoms with E-state index in [1.54, 1.807) is 0 Å². The fourth-order valence-electron chi connectivity index (χ4n) is 0.842. The fourth-order valence-corrected chi connectivity index (χ4v) is 2.41. The van der Waals surface area contributed by atoms with Gasteiger partial charge in [0.1, 0.15) is 0 Å². The van der Waals surface area contributed by atoms with Crippen LogP contribution < -0.4 is 9.94 Å². The Morgan fingerprint density at radius 1 is 1.56 bits per heavy atom. The number of hydrogen-bond acceptors (Lipinski definition) is 7. The summed E-state index contributed by atoms with van der Waals surface area (Å²) < 4.78 is 27.2. The second-order valence-corrected chi connectivity index (χ2v) is 5.80. The van der Waals surface area contributed by atoms with Crippen molar-refractivity contribution in [3.63, 3.8) is 0 Å². The van der Waals surface area contributed by atoms with Crippen LogP contribution in [0.15, 0.2) is 9.33 Å². The van der Waals surface area contributed by atoms with Crippen LogP contribution in [-0.2, 0) is 31.4 Å². The van der Waals surface area contributed by atoms with Gasteiger partial charge in [-0.3, -0.25) is 9.59 Å². The van der Waals surface area contributed by atoms with Gasteiger partial charge in [0, 0.05) is 14.0 Å². The Kier molecular flexibility index (Phi) is 4.32. The molecule has 0 radical (unpaired) electrons. The van der Waals surface area contributed by atoms with Crippen LogP contribution in [0.1, 0.15) is 6.92 Å². The number of carbonyl (C=O) groups is 2. The quantitative estimate of drug-likeness (QED) is 0.648. The first-order valence-electron chi connectivity index (χ1n) is 4.48. The lowest BCUT2D eigenvalue weighted by Gasteiger charge is -1.95. The molecule has 0 saturated carbocycles. The number of aromatic nitrogens is 2. The summed E-state index contributed by atoms with van der Waals surface area (Å²) in [7, 11) is -2.53. The van der Waals surface area contributed by atoms with Gasteiger partial charge in [0.05, 0.1) is 0 Å². The molecule has 1 heterocycles. The number of esters is 1. The van der Waals surface area contributed by atoms with Crippen LogP contribution in [0.2, 0.25) is 0 Å². The third kappa shape index (κ3) is 4.01. The zero-order chi connectivity index (χ0) is 13.9. The number of amides is 1. The summed E-state index contributed by atoms with van der Waals surface area (Å²) in [6.07, 6.45) is 0. The molecule has 9 nitrogen and oxygen atoms in total. The molecule has 11 heteroatoms. The van der Waals surface area contributed by atoms with Gasteiger partial charge in [-0.1, -0.05) is 11.3 Å². The van der Waals surface area contributed by atoms with Gasteiger partial charge in [-0.2, -0.15) is 4.99 Å². The molecule has 1 aromatic rings. The van der Waals surface area contributed by atoms with Crippen molar-refractivity contribution >= 4 is 33.2 Å². The molecule has 0 bridgehead atoms. The highest BCUT2D eigenvalue weighted by atomic mass is 32.2. The molecule has 1 rings (SSSR count). The Bertz CT molecular complexity index is 641. The largest absolute Gasteiger partial charge is 0.456 e. The first kappa shape index (κ1) is 14.5. The van der Waals surface area contributed by atoms with Crippen LogP contribution in [0.3, 0.4) is 0 Å². The van der Waals surface area contributed by atoms with E-state index in [1.165, 1.54) is 7.05 Å². The number of ether oxygens (including phenoxy) is 1. The monoisotopic (exact) mass is 294 g/mol. The van der Waals surface area contributed by atoms with Crippen LogP contribution in [0.5, 0.6) is 0 Å². The Labute approximate surface area is 106 Å². The molecule has 0 aliphatic rings. The topological polar surface area (TPSA) is 134 Å². The smallest absolute Gasteiger partial charge is 0.303 e. The minimum atomic E-state index is -3.94. The molecular weight excluding hydrogens is 284 g/mol. The summed E-state index contributed by atoms with van der Waals surface area (Å²) in [5.74, 6) is -1.34. The highest BCUT2D eigenvalue weighted by Gasteiger charge is 2.14. The molecule has 1 amide bonds. The van der Waals surface area contributed by atoms with Crippen molar-refractivity contribution in [3.8, 4) is 0 Å². The van der Waals surface area contributed by atoms with E-state index in [9.17, 15) is 18.0 Å². The summed E-state index contributed by atoms with van der Waals surface area (Å²) in [5.41, 5.74) is 0. The molecule has 0 aliphatic carbocycles. The minimum Gasteiger partial charge on any atom is -0.456 e. The second-order valence-electron chi connectivity index (χ2n) is 3.10. The maximum Gasteiger partial charge on any atom is 0.303 e. The number of hydrogen-bond donors (Lipinski definition) is 1. The average Bonchev–Trinajstić information content (AvgIpc) is 2.57. The summed E-state index contributed by atoms with van der Waals surface area (Å²) in [6.45, 7) is 0.636. The first-order chi connectivity index (χ1) is 8.20. The highest BCUT2D eigenvalue weighted by Crippen LogP contribution is 2.04. The normalized spacial score (nSPS) is 12.5. The van der Waals surface area contributed by atoms with Crippen LogP contribution in [0.25, 0.3) is 0 Å². The lowest BCUT2D eigenvalue weighted by Crippen LogP contribution is -2.17. The summed E-state index contributed by atoms with van der Waals surface area (Å²) in [4.78, 5) is 25.3. The van der Waals surface area contributed by atoms with Gasteiger partial charge in [0.25, 0.3) is 15.9 Å². The maximum absolute atomic E-state index is 11.3. The number of nitrogens with zero attached hydrogens (tertiary/aromatic N) is 3. The van der Waals surface area contributed by atoms with E-state index in [2.05, 4.69) is 14.8 Å². The number of rotatable bonds is 3. The number of aryl methyl sites for hydroxylation is 1. The highest BCUT2D eigenvalue weighted by molar-refractivity contribution is 7.91. The van der Waals surface area contributed by atoms with E-state index < -0.39 is 28.5 Å². The molecule has 0 spiro atoms. The molecule has 2 N–H and O–H groups in total. The molecule has 0 fully saturated rings. The van der Waals surface area contributed by atoms with E-state index in [4.69, 9.17) is 5.14 Å². The van der Waals surface area contributed by atoms with Crippen LogP contribution in [0, 0.1) is 0 Å². The number of nitrogens with two attached hydrogens (primary N) is 1. The van der Waals surface area contributed by atoms with Crippen molar-refractivity contribution in [1.82, 2.24) is 9.78 Å². The minimum absolute atomic E-state index is 0.0381. The molecule has 100 valence electrons. The van der Waals surface area contributed by atoms with Gasteiger partial charge >= 0.3 is 5.97 Å². The fraction of sp³-hybridized carbons (Fsp3) is 0.429. The number of sulfonamides is 1. The SMILES string of the molecule is CC(=O)OCC(=O)N=c1sc(S(N)(=O)=O)nn1C. The molecule has 0 aromatic carbocycles. The second kappa shape index (κ2) is 5.37. The Balaban J connectivity index is 3.00. The third-order valence-corrected chi connectivity index (χ3v) is 3.86. The third-order valence-electron chi connectivity index (χ3n) is 1.55. The molecule has 18 heavy (non-hydrogen) atoms. The van der Waals surface area contributed by atoms with E-state index in [0.717, 1.165) is 11.6 Å². The lowest BCUT2D eigenvalue weighted by molar-refractivity contribution is -0.145. The summed E-state index contributed by atoms with van der Waals surface area (Å²) >= 11 is 0.640. The van der Waals surface area contributed by atoms with Crippen molar-refractivity contribution in [2.75, 3.05) is 6.61 Å². The lowest BCUT2D eigenvalue weighted by atomic mass is 10.6. The van der Waals surface area contributed by atoms with Crippen molar-refractivity contribution in [3.05, 3.63) is 4.80 Å². The zero-order valence-electron chi connectivity index (χ0n) is 9.48. The van der Waals surface area contributed by atoms with Gasteiger partial charge < -0.3 is 4.74 Å². The van der Waals surface area contributed by atoms with Crippen molar-refractivity contribution in [2.45, 2.75) is 11.3 Å². The molecular formula is C7H10N4O5S2. The zero-order valence-corrected chi connectivity index (χ0v) is 11.1. The van der Waals surface area contributed by atoms with E-state index >= 15 is 0 Å². The van der Waals surface area contributed by atoms with E-state index in [0.29, 0.717) is 11.3 Å². The average molecular weight is 294 g/mol. The molecule has 0 unspecified atom stereocenters. The van der Waals surface area contributed by atoms with Crippen molar-refractivity contribution in [2.24, 2.45) is 17.2 Å². The van der Waals surface area contributed by atoms with Crippen LogP contribution >= 0.6 is 11.3 Å². The Morgan fingerprint density at radius 3 is 2.61 bits per heavy atom. The summed E-state index contributed by atoms with van der Waals surface area (Å²) in [5, 5.41) is 8.48. The van der Waals surface area contributed by atoms with Crippen molar-refractivity contribution in [1.29, 1.82) is 0 Å². The number of primary sulfonamides is 1. The first-order valence-corrected chi connectivity index (χ1v) is 6.84. The van der Waals surface area contributed by atoms with Crippen LogP contribution in [0.4, 0.5) is 0 Å². The van der Waals surface area contributed by atoms with Gasteiger partial charge in [0.2, 0.25) is 9.14 Å². The Morgan fingerprint density at radius 2 is 2.17 bits per heavy atom. The number of carbonyl (C=O) groups excluding carboxylic acids is 2. The Hall–Kier alpha value is -1.59. The van der Waals surface area contributed by atoms with Gasteiger partial charge in [-0.15, -0.1) is 5.10 Å². The standard InChI is InChI=1S/C7H10N4O5S2/c1-4(12)16-3-5(13)9-6-11(2)10-7(17-6)18(8,14)15/h3H2,1-2H3,(H2,8,14,15). The van der Waals surface area contributed by atoms with E-state index in [1.807, 2.05) is 0 Å². The van der Waals surface area contributed by atoms with Crippen LogP contribution in [-0.4, -0.2) is 36.7 Å². The molecule has 0 atom stereocenters. The van der Waals surface area contributed by atoms with Gasteiger partial charge in [-0.25, -0.2) is 18.2 Å². The van der Waals surface area contributed by atoms with Gasteiger partial charge in [0.15, 0.2) is 6.61 Å². The predicted molar refractivity (Wildman–Crippen MR) is 59.7 cm³/mol.